The summed E-state index contributed by atoms with van der Waals surface area (Å²) in [6.45, 7) is 6.56. The molecule has 0 bridgehead atoms. The monoisotopic (exact) mass is 406 g/mol. The summed E-state index contributed by atoms with van der Waals surface area (Å²) < 4.78 is 5.52. The van der Waals surface area contributed by atoms with Crippen LogP contribution in [0.2, 0.25) is 0 Å². The zero-order valence-corrected chi connectivity index (χ0v) is 17.4. The van der Waals surface area contributed by atoms with E-state index in [1.54, 1.807) is 29.2 Å². The minimum Gasteiger partial charge on any atom is -0.484 e. The molecule has 0 unspecified atom stereocenters. The van der Waals surface area contributed by atoms with E-state index in [9.17, 15) is 9.59 Å². The van der Waals surface area contributed by atoms with Gasteiger partial charge in [-0.3, -0.25) is 14.5 Å². The summed E-state index contributed by atoms with van der Waals surface area (Å²) in [4.78, 5) is 28.6. The van der Waals surface area contributed by atoms with Gasteiger partial charge >= 0.3 is 0 Å². The van der Waals surface area contributed by atoms with E-state index in [0.717, 1.165) is 16.8 Å². The maximum atomic E-state index is 12.4. The first-order chi connectivity index (χ1) is 14.5. The van der Waals surface area contributed by atoms with E-state index in [2.05, 4.69) is 5.32 Å². The number of para-hydroxylation sites is 1. The number of hydrogen-bond donors (Lipinski definition) is 1. The molecule has 156 valence electrons. The SMILES string of the molecule is Cc1cccc(C)c1NC(=O)CN1CCN(C(=O)COc2cccc(C#N)c2)CC1. The molecule has 0 atom stereocenters. The lowest BCUT2D eigenvalue weighted by molar-refractivity contribution is -0.135. The Morgan fingerprint density at radius 2 is 1.73 bits per heavy atom. The molecule has 1 fully saturated rings. The van der Waals surface area contributed by atoms with Crippen molar-refractivity contribution in [3.05, 3.63) is 59.2 Å². The fraction of sp³-hybridized carbons (Fsp3) is 0.348. The zero-order valence-electron chi connectivity index (χ0n) is 17.4. The number of amides is 2. The normalized spacial score (nSPS) is 14.1. The summed E-state index contributed by atoms with van der Waals surface area (Å²) >= 11 is 0. The van der Waals surface area contributed by atoms with Crippen molar-refractivity contribution in [3.63, 3.8) is 0 Å². The molecule has 7 nitrogen and oxygen atoms in total. The number of carbonyl (C=O) groups excluding carboxylic acids is 2. The Balaban J connectivity index is 1.43. The Bertz CT molecular complexity index is 939. The number of nitriles is 1. The lowest BCUT2D eigenvalue weighted by Gasteiger charge is -2.34. The van der Waals surface area contributed by atoms with Crippen molar-refractivity contribution in [2.75, 3.05) is 44.6 Å². The highest BCUT2D eigenvalue weighted by molar-refractivity contribution is 5.93. The average Bonchev–Trinajstić information content (AvgIpc) is 2.75. The highest BCUT2D eigenvalue weighted by Gasteiger charge is 2.23. The number of rotatable bonds is 6. The Morgan fingerprint density at radius 3 is 2.40 bits per heavy atom. The van der Waals surface area contributed by atoms with Gasteiger partial charge in [0, 0.05) is 31.9 Å². The fourth-order valence-corrected chi connectivity index (χ4v) is 3.44. The predicted molar refractivity (Wildman–Crippen MR) is 114 cm³/mol. The minimum atomic E-state index is -0.100. The third-order valence-corrected chi connectivity index (χ3v) is 5.16. The molecule has 1 N–H and O–H groups in total. The molecule has 0 spiro atoms. The van der Waals surface area contributed by atoms with E-state index in [1.165, 1.54) is 0 Å². The number of nitrogens with zero attached hydrogens (tertiary/aromatic N) is 3. The van der Waals surface area contributed by atoms with Crippen molar-refractivity contribution in [1.82, 2.24) is 9.80 Å². The van der Waals surface area contributed by atoms with Crippen LogP contribution in [0.1, 0.15) is 16.7 Å². The highest BCUT2D eigenvalue weighted by Crippen LogP contribution is 2.19. The quantitative estimate of drug-likeness (QED) is 0.796. The van der Waals surface area contributed by atoms with Gasteiger partial charge < -0.3 is 15.0 Å². The Kier molecular flexibility index (Phi) is 7.04. The van der Waals surface area contributed by atoms with Crippen LogP contribution in [0.25, 0.3) is 0 Å². The van der Waals surface area contributed by atoms with Crippen LogP contribution in [0.4, 0.5) is 5.69 Å². The van der Waals surface area contributed by atoms with Gasteiger partial charge in [0.1, 0.15) is 5.75 Å². The van der Waals surface area contributed by atoms with Gasteiger partial charge in [0.15, 0.2) is 6.61 Å². The molecule has 7 heteroatoms. The number of carbonyl (C=O) groups is 2. The van der Waals surface area contributed by atoms with Crippen LogP contribution >= 0.6 is 0 Å². The lowest BCUT2D eigenvalue weighted by atomic mass is 10.1. The second kappa shape index (κ2) is 9.90. The zero-order chi connectivity index (χ0) is 21.5. The summed E-state index contributed by atoms with van der Waals surface area (Å²) in [5.41, 5.74) is 3.44. The van der Waals surface area contributed by atoms with Gasteiger partial charge in [0.2, 0.25) is 5.91 Å². The number of hydrogen-bond acceptors (Lipinski definition) is 5. The van der Waals surface area contributed by atoms with Gasteiger partial charge in [-0.1, -0.05) is 24.3 Å². The molecule has 1 aliphatic heterocycles. The summed E-state index contributed by atoms with van der Waals surface area (Å²) in [5, 5.41) is 11.9. The number of piperazine rings is 1. The number of aryl methyl sites for hydroxylation is 2. The fourth-order valence-electron chi connectivity index (χ4n) is 3.44. The van der Waals surface area contributed by atoms with Crippen molar-refractivity contribution in [2.45, 2.75) is 13.8 Å². The smallest absolute Gasteiger partial charge is 0.260 e. The van der Waals surface area contributed by atoms with Crippen LogP contribution in [-0.4, -0.2) is 60.9 Å². The maximum Gasteiger partial charge on any atom is 0.260 e. The summed E-state index contributed by atoms with van der Waals surface area (Å²) in [6, 6.07) is 14.7. The van der Waals surface area contributed by atoms with Crippen molar-refractivity contribution >= 4 is 17.5 Å². The first kappa shape index (κ1) is 21.3. The third kappa shape index (κ3) is 5.58. The number of ether oxygens (including phenoxy) is 1. The second-order valence-corrected chi connectivity index (χ2v) is 7.40. The van der Waals surface area contributed by atoms with Crippen LogP contribution < -0.4 is 10.1 Å². The minimum absolute atomic E-state index is 0.0483. The van der Waals surface area contributed by atoms with E-state index < -0.39 is 0 Å². The van der Waals surface area contributed by atoms with Crippen LogP contribution in [0, 0.1) is 25.2 Å². The van der Waals surface area contributed by atoms with E-state index >= 15 is 0 Å². The molecule has 2 aromatic rings. The molecule has 1 aliphatic rings. The third-order valence-electron chi connectivity index (χ3n) is 5.16. The lowest BCUT2D eigenvalue weighted by Crippen LogP contribution is -2.51. The van der Waals surface area contributed by atoms with Crippen molar-refractivity contribution in [1.29, 1.82) is 5.26 Å². The van der Waals surface area contributed by atoms with Crippen LogP contribution in [-0.2, 0) is 9.59 Å². The molecule has 0 aliphatic carbocycles. The summed E-state index contributed by atoms with van der Waals surface area (Å²) in [5.74, 6) is 0.356. The summed E-state index contributed by atoms with van der Waals surface area (Å²) in [7, 11) is 0. The topological polar surface area (TPSA) is 85.7 Å². The molecular weight excluding hydrogens is 380 g/mol. The standard InChI is InChI=1S/C23H26N4O3/c1-17-5-3-6-18(2)23(17)25-21(28)15-26-9-11-27(12-10-26)22(29)16-30-20-8-4-7-19(13-20)14-24/h3-8,13H,9-12,15-16H2,1-2H3,(H,25,28). The van der Waals surface area contributed by atoms with Crippen LogP contribution in [0.5, 0.6) is 5.75 Å². The molecule has 1 heterocycles. The molecule has 0 aromatic heterocycles. The molecular formula is C23H26N4O3. The van der Waals surface area contributed by atoms with Crippen molar-refractivity contribution in [2.24, 2.45) is 0 Å². The Morgan fingerprint density at radius 1 is 1.07 bits per heavy atom. The molecule has 0 saturated carbocycles. The Labute approximate surface area is 176 Å². The largest absolute Gasteiger partial charge is 0.484 e. The Hall–Kier alpha value is -3.37. The molecule has 2 aromatic carbocycles. The van der Waals surface area contributed by atoms with E-state index in [4.69, 9.17) is 10.00 Å². The first-order valence-electron chi connectivity index (χ1n) is 9.95. The highest BCUT2D eigenvalue weighted by atomic mass is 16.5. The predicted octanol–water partition coefficient (Wildman–Crippen LogP) is 2.34. The van der Waals surface area contributed by atoms with Gasteiger partial charge in [-0.2, -0.15) is 5.26 Å². The molecule has 2 amide bonds. The number of nitrogens with one attached hydrogen (secondary N) is 1. The van der Waals surface area contributed by atoms with Crippen LogP contribution in [0.3, 0.4) is 0 Å². The number of benzene rings is 2. The van der Waals surface area contributed by atoms with Crippen LogP contribution in [0.15, 0.2) is 42.5 Å². The first-order valence-corrected chi connectivity index (χ1v) is 9.95. The molecule has 0 radical (unpaired) electrons. The van der Waals surface area contributed by atoms with Gasteiger partial charge in [-0.15, -0.1) is 0 Å². The maximum absolute atomic E-state index is 12.4. The number of anilines is 1. The van der Waals surface area contributed by atoms with Gasteiger partial charge in [0.25, 0.3) is 5.91 Å². The van der Waals surface area contributed by atoms with Gasteiger partial charge in [-0.25, -0.2) is 0 Å². The van der Waals surface area contributed by atoms with Crippen molar-refractivity contribution < 1.29 is 14.3 Å². The molecule has 3 rings (SSSR count). The second-order valence-electron chi connectivity index (χ2n) is 7.40. The van der Waals surface area contributed by atoms with E-state index in [1.807, 2.05) is 43.0 Å². The average molecular weight is 406 g/mol. The van der Waals surface area contributed by atoms with Gasteiger partial charge in [0.05, 0.1) is 18.2 Å². The molecule has 30 heavy (non-hydrogen) atoms. The molecule has 1 saturated heterocycles. The summed E-state index contributed by atoms with van der Waals surface area (Å²) in [6.07, 6.45) is 0. The van der Waals surface area contributed by atoms with Gasteiger partial charge in [-0.05, 0) is 43.2 Å². The van der Waals surface area contributed by atoms with E-state index in [0.29, 0.717) is 44.0 Å². The van der Waals surface area contributed by atoms with E-state index in [-0.39, 0.29) is 18.4 Å². The van der Waals surface area contributed by atoms with Crippen molar-refractivity contribution in [3.8, 4) is 11.8 Å².